The molecule has 3 aromatic rings. The van der Waals surface area contributed by atoms with Gasteiger partial charge in [0.05, 0.1) is 7.14 Å². The summed E-state index contributed by atoms with van der Waals surface area (Å²) in [6, 6.07) is 19.9. The van der Waals surface area contributed by atoms with Gasteiger partial charge in [-0.15, -0.1) is 0 Å². The third-order valence-corrected chi connectivity index (χ3v) is 13.9. The van der Waals surface area contributed by atoms with Gasteiger partial charge in [0.25, 0.3) is 0 Å². The minimum atomic E-state index is -0.815. The van der Waals surface area contributed by atoms with Crippen LogP contribution in [0.4, 0.5) is 4.79 Å². The largest absolute Gasteiger partial charge is 0.519 e. The van der Waals surface area contributed by atoms with E-state index >= 15 is 0 Å². The molecule has 0 aromatic heterocycles. The summed E-state index contributed by atoms with van der Waals surface area (Å²) in [5, 5.41) is 0. The number of halogens is 3. The minimum absolute atomic E-state index is 0.137. The van der Waals surface area contributed by atoms with Crippen molar-refractivity contribution < 1.29 is 49.7 Å². The van der Waals surface area contributed by atoms with Crippen LogP contribution in [0.5, 0.6) is 17.2 Å². The van der Waals surface area contributed by atoms with E-state index in [0.717, 1.165) is 11.8 Å². The smallest absolute Gasteiger partial charge is 0.481 e. The summed E-state index contributed by atoms with van der Waals surface area (Å²) in [5.74, 6) is 3.55. The average molecular weight is 947 g/mol. The summed E-state index contributed by atoms with van der Waals surface area (Å²) in [4.78, 5) is 25.5. The topological polar surface area (TPSA) is 71.1 Å². The molecule has 4 aliphatic rings. The molecule has 9 heteroatoms. The fourth-order valence-corrected chi connectivity index (χ4v) is 10.6. The number of esters is 1. The van der Waals surface area contributed by atoms with Gasteiger partial charge in [0, 0.05) is 0 Å². The molecule has 6 nitrogen and oxygen atoms in total. The molecular weight excluding hydrogens is 909 g/mol. The molecule has 0 spiro atoms. The van der Waals surface area contributed by atoms with Crippen molar-refractivity contribution >= 4 is 57.3 Å². The maximum atomic E-state index is 12.9. The Bertz CT molecular complexity index is 1530. The lowest BCUT2D eigenvalue weighted by atomic mass is 9.50. The SMILES string of the molecule is CC(C)(C)c1ccc([I+]c2ccc(OC(=O)Oc3cc(I)c(OCC(=O)OC4(C)C5CC6CC(C5)CC4C6)cc3I)cc2)cc1. The Kier molecular flexibility index (Phi) is 9.98. The Labute approximate surface area is 303 Å². The molecule has 0 amide bonds. The first-order chi connectivity index (χ1) is 21.4. The van der Waals surface area contributed by atoms with Crippen molar-refractivity contribution in [2.24, 2.45) is 23.7 Å². The first-order valence-corrected chi connectivity index (χ1v) is 19.8. The van der Waals surface area contributed by atoms with Gasteiger partial charge >= 0.3 is 33.3 Å². The minimum Gasteiger partial charge on any atom is -0.481 e. The molecular formula is C36H38I3O6+. The highest BCUT2D eigenvalue weighted by Gasteiger charge is 2.57. The highest BCUT2D eigenvalue weighted by atomic mass is 127. The van der Waals surface area contributed by atoms with Gasteiger partial charge < -0.3 is 18.9 Å². The highest BCUT2D eigenvalue weighted by molar-refractivity contribution is 14.1. The lowest BCUT2D eigenvalue weighted by molar-refractivity contribution is -0.597. The van der Waals surface area contributed by atoms with Crippen molar-refractivity contribution in [2.45, 2.75) is 70.8 Å². The molecule has 0 N–H and O–H groups in total. The predicted molar refractivity (Wildman–Crippen MR) is 185 cm³/mol. The molecule has 4 fully saturated rings. The molecule has 4 bridgehead atoms. The lowest BCUT2D eigenvalue weighted by Gasteiger charge is -2.59. The number of carbonyl (C=O) groups excluding carboxylic acids is 2. The summed E-state index contributed by atoms with van der Waals surface area (Å²) in [6.07, 6.45) is 5.25. The first-order valence-electron chi connectivity index (χ1n) is 15.4. The van der Waals surface area contributed by atoms with Gasteiger partial charge in [-0.3, -0.25) is 0 Å². The summed E-state index contributed by atoms with van der Waals surface area (Å²) in [5.41, 5.74) is 1.08. The summed E-state index contributed by atoms with van der Waals surface area (Å²) in [7, 11) is 0. The molecule has 7 rings (SSSR count). The Morgan fingerprint density at radius 3 is 1.91 bits per heavy atom. The zero-order valence-corrected chi connectivity index (χ0v) is 32.4. The van der Waals surface area contributed by atoms with Crippen LogP contribution in [0.1, 0.15) is 65.4 Å². The average Bonchev–Trinajstić information content (AvgIpc) is 2.97. The van der Waals surface area contributed by atoms with E-state index in [1.54, 1.807) is 24.3 Å². The summed E-state index contributed by atoms with van der Waals surface area (Å²) >= 11 is 3.86. The van der Waals surface area contributed by atoms with Crippen LogP contribution in [-0.4, -0.2) is 24.3 Å². The molecule has 0 unspecified atom stereocenters. The van der Waals surface area contributed by atoms with Gasteiger partial charge in [0.1, 0.15) is 22.8 Å². The van der Waals surface area contributed by atoms with Crippen LogP contribution < -0.4 is 35.4 Å². The van der Waals surface area contributed by atoms with Crippen LogP contribution >= 0.6 is 45.2 Å². The van der Waals surface area contributed by atoms with Crippen LogP contribution in [0.3, 0.4) is 0 Å². The molecule has 0 atom stereocenters. The number of hydrogen-bond acceptors (Lipinski definition) is 6. The maximum Gasteiger partial charge on any atom is 0.519 e. The van der Waals surface area contributed by atoms with E-state index in [4.69, 9.17) is 18.9 Å². The molecule has 45 heavy (non-hydrogen) atoms. The van der Waals surface area contributed by atoms with Crippen LogP contribution in [0.15, 0.2) is 60.7 Å². The second kappa shape index (κ2) is 13.5. The number of carbonyl (C=O) groups is 2. The van der Waals surface area contributed by atoms with E-state index in [1.807, 2.05) is 12.1 Å². The third-order valence-electron chi connectivity index (χ3n) is 9.56. The van der Waals surface area contributed by atoms with Crippen LogP contribution in [0.2, 0.25) is 0 Å². The Morgan fingerprint density at radius 1 is 0.800 bits per heavy atom. The van der Waals surface area contributed by atoms with Crippen molar-refractivity contribution in [3.63, 3.8) is 0 Å². The molecule has 0 radical (unpaired) electrons. The fourth-order valence-electron chi connectivity index (χ4n) is 7.31. The number of benzene rings is 3. The van der Waals surface area contributed by atoms with E-state index in [1.165, 1.54) is 44.8 Å². The van der Waals surface area contributed by atoms with Crippen LogP contribution in [0, 0.1) is 38.0 Å². The number of hydrogen-bond donors (Lipinski definition) is 0. The van der Waals surface area contributed by atoms with Crippen molar-refractivity contribution in [1.82, 2.24) is 0 Å². The quantitative estimate of drug-likeness (QED) is 0.156. The van der Waals surface area contributed by atoms with Gasteiger partial charge in [0.15, 0.2) is 13.7 Å². The second-order valence-corrected chi connectivity index (χ2v) is 19.1. The number of ether oxygens (including phenoxy) is 4. The summed E-state index contributed by atoms with van der Waals surface area (Å²) < 4.78 is 27.0. The van der Waals surface area contributed by atoms with Gasteiger partial charge in [-0.1, -0.05) is 32.9 Å². The Balaban J connectivity index is 0.996. The van der Waals surface area contributed by atoms with Crippen LogP contribution in [0.25, 0.3) is 0 Å². The zero-order valence-electron chi connectivity index (χ0n) is 25.9. The van der Waals surface area contributed by atoms with E-state index in [0.29, 0.717) is 36.2 Å². The first kappa shape index (κ1) is 33.3. The van der Waals surface area contributed by atoms with E-state index < -0.39 is 6.16 Å². The van der Waals surface area contributed by atoms with Crippen molar-refractivity contribution in [1.29, 1.82) is 0 Å². The van der Waals surface area contributed by atoms with Crippen molar-refractivity contribution in [2.75, 3.05) is 6.61 Å². The predicted octanol–water partition coefficient (Wildman–Crippen LogP) is 6.04. The monoisotopic (exact) mass is 947 g/mol. The van der Waals surface area contributed by atoms with Gasteiger partial charge in [-0.05, 0) is 167 Å². The Hall–Kier alpha value is -1.61. The molecule has 4 aliphatic carbocycles. The molecule has 0 aliphatic heterocycles. The normalized spacial score (nSPS) is 25.1. The number of rotatable bonds is 8. The Morgan fingerprint density at radius 2 is 1.33 bits per heavy atom. The summed E-state index contributed by atoms with van der Waals surface area (Å²) in [6.45, 7) is 8.63. The highest BCUT2D eigenvalue weighted by Crippen LogP contribution is 2.59. The molecule has 4 saturated carbocycles. The van der Waals surface area contributed by atoms with E-state index in [2.05, 4.69) is 97.1 Å². The molecule has 0 saturated heterocycles. The van der Waals surface area contributed by atoms with Crippen molar-refractivity contribution in [3.05, 3.63) is 80.5 Å². The zero-order chi connectivity index (χ0) is 31.9. The fraction of sp³-hybridized carbons (Fsp3) is 0.444. The second-order valence-electron chi connectivity index (χ2n) is 13.7. The standard InChI is InChI=1S/C36H38I3O6/c1-35(2,3)23-5-7-26(8-6-23)39-27-9-11-28(12-10-27)43-34(41)44-32-19-29(37)31(18-30(32)38)42-20-33(40)45-36(4)24-14-21-13-22(16-24)17-25(36)15-21/h5-12,18-19,21-22,24-25H,13-17,20H2,1-4H3/q+1. The van der Waals surface area contributed by atoms with Gasteiger partial charge in [0.2, 0.25) is 0 Å². The van der Waals surface area contributed by atoms with Gasteiger partial charge in [-0.2, -0.15) is 0 Å². The van der Waals surface area contributed by atoms with E-state index in [-0.39, 0.29) is 44.8 Å². The molecule has 238 valence electrons. The molecule has 0 heterocycles. The van der Waals surface area contributed by atoms with Crippen molar-refractivity contribution in [3.8, 4) is 17.2 Å². The van der Waals surface area contributed by atoms with Crippen LogP contribution in [-0.2, 0) is 14.9 Å². The lowest BCUT2D eigenvalue weighted by Crippen LogP contribution is -3.61. The van der Waals surface area contributed by atoms with Gasteiger partial charge in [-0.25, -0.2) is 9.59 Å². The third kappa shape index (κ3) is 7.76. The van der Waals surface area contributed by atoms with E-state index in [9.17, 15) is 9.59 Å². The molecule has 3 aromatic carbocycles. The maximum absolute atomic E-state index is 12.9.